The van der Waals surface area contributed by atoms with Gasteiger partial charge in [0.25, 0.3) is 0 Å². The fraction of sp³-hybridized carbons (Fsp3) is 0.0625. The molecule has 18 heavy (non-hydrogen) atoms. The molecule has 0 amide bonds. The van der Waals surface area contributed by atoms with Gasteiger partial charge in [0.1, 0.15) is 0 Å². The minimum atomic E-state index is 0.733. The Bertz CT molecular complexity index is 732. The second-order valence-corrected chi connectivity index (χ2v) is 4.27. The summed E-state index contributed by atoms with van der Waals surface area (Å²) in [5, 5.41) is 10.3. The predicted octanol–water partition coefficient (Wildman–Crippen LogP) is 3.56. The first kappa shape index (κ1) is 10.6. The molecular formula is C16H12N2. The highest BCUT2D eigenvalue weighted by Gasteiger charge is 2.04. The first-order chi connectivity index (χ1) is 8.88. The molecule has 1 aromatic heterocycles. The highest BCUT2D eigenvalue weighted by molar-refractivity contribution is 5.80. The molecule has 0 spiro atoms. The van der Waals surface area contributed by atoms with Crippen LogP contribution < -0.4 is 0 Å². The lowest BCUT2D eigenvalue weighted by Crippen LogP contribution is -1.99. The Morgan fingerprint density at radius 2 is 1.72 bits per heavy atom. The normalized spacial score (nSPS) is 10.4. The van der Waals surface area contributed by atoms with E-state index < -0.39 is 0 Å². The van der Waals surface area contributed by atoms with Crippen LogP contribution in [0, 0.1) is 11.3 Å². The van der Waals surface area contributed by atoms with Crippen LogP contribution in [0.1, 0.15) is 11.1 Å². The molecule has 0 radical (unpaired) electrons. The Morgan fingerprint density at radius 3 is 2.61 bits per heavy atom. The van der Waals surface area contributed by atoms with Crippen LogP contribution in [0.3, 0.4) is 0 Å². The van der Waals surface area contributed by atoms with Gasteiger partial charge in [-0.2, -0.15) is 5.26 Å². The average molecular weight is 232 g/mol. The molecule has 0 unspecified atom stereocenters. The maximum absolute atomic E-state index is 9.10. The van der Waals surface area contributed by atoms with Crippen LogP contribution in [0.5, 0.6) is 0 Å². The quantitative estimate of drug-likeness (QED) is 0.664. The second-order valence-electron chi connectivity index (χ2n) is 4.27. The zero-order valence-electron chi connectivity index (χ0n) is 9.88. The van der Waals surface area contributed by atoms with Crippen LogP contribution in [0.2, 0.25) is 0 Å². The molecule has 0 fully saturated rings. The van der Waals surface area contributed by atoms with Gasteiger partial charge < -0.3 is 4.57 Å². The summed E-state index contributed by atoms with van der Waals surface area (Å²) >= 11 is 0. The number of hydrogen-bond donors (Lipinski definition) is 0. The number of benzene rings is 2. The zero-order valence-corrected chi connectivity index (χ0v) is 9.88. The van der Waals surface area contributed by atoms with Gasteiger partial charge in [-0.1, -0.05) is 36.4 Å². The second kappa shape index (κ2) is 4.38. The number of nitrogens with zero attached hydrogens (tertiary/aromatic N) is 2. The van der Waals surface area contributed by atoms with E-state index in [0.717, 1.165) is 17.7 Å². The van der Waals surface area contributed by atoms with Gasteiger partial charge in [0.15, 0.2) is 0 Å². The van der Waals surface area contributed by atoms with Crippen molar-refractivity contribution in [3.8, 4) is 6.07 Å². The summed E-state index contributed by atoms with van der Waals surface area (Å²) in [6.07, 6.45) is 2.07. The van der Waals surface area contributed by atoms with Crippen LogP contribution in [-0.4, -0.2) is 4.57 Å². The molecule has 1 heterocycles. The number of hydrogen-bond acceptors (Lipinski definition) is 1. The number of nitriles is 1. The third-order valence-corrected chi connectivity index (χ3v) is 3.16. The summed E-state index contributed by atoms with van der Waals surface area (Å²) in [7, 11) is 0. The standard InChI is InChI=1S/C16H12N2/c17-11-14-6-1-2-7-15(14)12-18-10-9-13-5-3-4-8-16(13)18/h1-10H,12H2. The fourth-order valence-electron chi connectivity index (χ4n) is 2.23. The Labute approximate surface area is 106 Å². The van der Waals surface area contributed by atoms with Crippen molar-refractivity contribution in [3.05, 3.63) is 71.9 Å². The van der Waals surface area contributed by atoms with Crippen LogP contribution in [0.4, 0.5) is 0 Å². The Hall–Kier alpha value is -2.53. The largest absolute Gasteiger partial charge is 0.343 e. The van der Waals surface area contributed by atoms with Crippen LogP contribution in [-0.2, 0) is 6.54 Å². The van der Waals surface area contributed by atoms with Crippen molar-refractivity contribution in [1.29, 1.82) is 5.26 Å². The lowest BCUT2D eigenvalue weighted by atomic mass is 10.1. The van der Waals surface area contributed by atoms with Crippen molar-refractivity contribution in [2.24, 2.45) is 0 Å². The Balaban J connectivity index is 2.05. The first-order valence-corrected chi connectivity index (χ1v) is 5.90. The summed E-state index contributed by atoms with van der Waals surface area (Å²) in [5.74, 6) is 0. The van der Waals surface area contributed by atoms with Crippen LogP contribution >= 0.6 is 0 Å². The van der Waals surface area contributed by atoms with Gasteiger partial charge >= 0.3 is 0 Å². The Kier molecular flexibility index (Phi) is 2.59. The molecule has 0 aliphatic heterocycles. The van der Waals surface area contributed by atoms with Gasteiger partial charge in [-0.25, -0.2) is 0 Å². The van der Waals surface area contributed by atoms with E-state index in [-0.39, 0.29) is 0 Å². The van der Waals surface area contributed by atoms with Gasteiger partial charge in [0.2, 0.25) is 0 Å². The van der Waals surface area contributed by atoms with E-state index in [1.807, 2.05) is 36.4 Å². The van der Waals surface area contributed by atoms with Crippen molar-refractivity contribution < 1.29 is 0 Å². The maximum Gasteiger partial charge on any atom is 0.0995 e. The summed E-state index contributed by atoms with van der Waals surface area (Å²) in [5.41, 5.74) is 3.00. The highest BCUT2D eigenvalue weighted by atomic mass is 14.9. The van der Waals surface area contributed by atoms with E-state index in [1.54, 1.807) is 0 Å². The molecule has 2 nitrogen and oxygen atoms in total. The number of aromatic nitrogens is 1. The smallest absolute Gasteiger partial charge is 0.0995 e. The number of fused-ring (bicyclic) bond motifs is 1. The van der Waals surface area contributed by atoms with Crippen molar-refractivity contribution in [3.63, 3.8) is 0 Å². The van der Waals surface area contributed by atoms with E-state index in [4.69, 9.17) is 5.26 Å². The molecule has 2 heteroatoms. The highest BCUT2D eigenvalue weighted by Crippen LogP contribution is 2.18. The zero-order chi connectivity index (χ0) is 12.4. The number of para-hydroxylation sites is 1. The summed E-state index contributed by atoms with van der Waals surface area (Å²) < 4.78 is 2.17. The molecule has 3 aromatic rings. The topological polar surface area (TPSA) is 28.7 Å². The molecule has 3 rings (SSSR count). The molecular weight excluding hydrogens is 220 g/mol. The SMILES string of the molecule is N#Cc1ccccc1Cn1ccc2ccccc21. The molecule has 0 atom stereocenters. The minimum Gasteiger partial charge on any atom is -0.343 e. The van der Waals surface area contributed by atoms with Crippen molar-refractivity contribution in [2.45, 2.75) is 6.54 Å². The molecule has 0 aliphatic rings. The van der Waals surface area contributed by atoms with E-state index in [2.05, 4.69) is 35.0 Å². The average Bonchev–Trinajstić information content (AvgIpc) is 2.83. The van der Waals surface area contributed by atoms with Gasteiger partial charge in [-0.05, 0) is 29.1 Å². The fourth-order valence-corrected chi connectivity index (χ4v) is 2.23. The van der Waals surface area contributed by atoms with Gasteiger partial charge in [0, 0.05) is 18.3 Å². The van der Waals surface area contributed by atoms with Gasteiger partial charge in [-0.15, -0.1) is 0 Å². The third-order valence-electron chi connectivity index (χ3n) is 3.16. The van der Waals surface area contributed by atoms with E-state index in [0.29, 0.717) is 0 Å². The third kappa shape index (κ3) is 1.76. The van der Waals surface area contributed by atoms with Gasteiger partial charge in [0.05, 0.1) is 11.6 Å². The predicted molar refractivity (Wildman–Crippen MR) is 72.2 cm³/mol. The molecule has 0 aliphatic carbocycles. The van der Waals surface area contributed by atoms with Crippen LogP contribution in [0.25, 0.3) is 10.9 Å². The molecule has 0 saturated heterocycles. The lowest BCUT2D eigenvalue weighted by Gasteiger charge is -2.07. The molecule has 2 aromatic carbocycles. The summed E-state index contributed by atoms with van der Waals surface area (Å²) in [6, 6.07) is 20.4. The molecule has 0 saturated carbocycles. The minimum absolute atomic E-state index is 0.733. The maximum atomic E-state index is 9.10. The van der Waals surface area contributed by atoms with Crippen LogP contribution in [0.15, 0.2) is 60.8 Å². The van der Waals surface area contributed by atoms with E-state index in [1.165, 1.54) is 10.9 Å². The number of rotatable bonds is 2. The molecule has 0 bridgehead atoms. The Morgan fingerprint density at radius 1 is 0.944 bits per heavy atom. The van der Waals surface area contributed by atoms with Crippen molar-refractivity contribution in [2.75, 3.05) is 0 Å². The monoisotopic (exact) mass is 232 g/mol. The van der Waals surface area contributed by atoms with Crippen molar-refractivity contribution >= 4 is 10.9 Å². The molecule has 0 N–H and O–H groups in total. The summed E-state index contributed by atoms with van der Waals surface area (Å²) in [4.78, 5) is 0. The van der Waals surface area contributed by atoms with E-state index in [9.17, 15) is 0 Å². The lowest BCUT2D eigenvalue weighted by molar-refractivity contribution is 0.834. The van der Waals surface area contributed by atoms with Gasteiger partial charge in [-0.3, -0.25) is 0 Å². The van der Waals surface area contributed by atoms with E-state index >= 15 is 0 Å². The molecule has 86 valence electrons. The van der Waals surface area contributed by atoms with Crippen molar-refractivity contribution in [1.82, 2.24) is 4.57 Å². The summed E-state index contributed by atoms with van der Waals surface area (Å²) in [6.45, 7) is 0.733. The first-order valence-electron chi connectivity index (χ1n) is 5.90.